The molecule has 1 aliphatic heterocycles. The maximum absolute atomic E-state index is 12.7. The molecule has 1 N–H and O–H groups in total. The molecule has 0 spiro atoms. The summed E-state index contributed by atoms with van der Waals surface area (Å²) in [6, 6.07) is -0.0938. The first-order chi connectivity index (χ1) is 10.1. The Kier molecular flexibility index (Phi) is 4.46. The lowest BCUT2D eigenvalue weighted by molar-refractivity contribution is -0.157. The molecule has 0 unspecified atom stereocenters. The molecule has 2 fully saturated rings. The van der Waals surface area contributed by atoms with Gasteiger partial charge in [0.15, 0.2) is 0 Å². The van der Waals surface area contributed by atoms with Crippen molar-refractivity contribution in [3.63, 3.8) is 0 Å². The van der Waals surface area contributed by atoms with E-state index in [4.69, 9.17) is 0 Å². The summed E-state index contributed by atoms with van der Waals surface area (Å²) in [6.45, 7) is 11.5. The van der Waals surface area contributed by atoms with Crippen molar-refractivity contribution in [1.82, 2.24) is 9.80 Å². The van der Waals surface area contributed by atoms with E-state index in [2.05, 4.69) is 0 Å². The summed E-state index contributed by atoms with van der Waals surface area (Å²) in [4.78, 5) is 27.9. The lowest BCUT2D eigenvalue weighted by atomic mass is 9.57. The average Bonchev–Trinajstić information content (AvgIpc) is 2.41. The Bertz CT molecular complexity index is 447. The Morgan fingerprint density at radius 2 is 1.68 bits per heavy atom. The molecule has 22 heavy (non-hydrogen) atoms. The Morgan fingerprint density at radius 1 is 1.14 bits per heavy atom. The van der Waals surface area contributed by atoms with Crippen molar-refractivity contribution >= 4 is 12.0 Å². The maximum Gasteiger partial charge on any atom is 0.408 e. The van der Waals surface area contributed by atoms with Crippen molar-refractivity contribution in [2.24, 2.45) is 11.3 Å². The number of carbonyl (C=O) groups is 2. The van der Waals surface area contributed by atoms with Gasteiger partial charge in [0.05, 0.1) is 0 Å². The molecule has 1 aliphatic carbocycles. The van der Waals surface area contributed by atoms with Crippen LogP contribution in [0.5, 0.6) is 0 Å². The zero-order chi connectivity index (χ0) is 16.7. The van der Waals surface area contributed by atoms with Crippen LogP contribution in [0.3, 0.4) is 0 Å². The molecule has 0 bridgehead atoms. The number of nitrogens with zero attached hydrogens (tertiary/aromatic N) is 2. The van der Waals surface area contributed by atoms with Crippen LogP contribution in [0.25, 0.3) is 0 Å². The lowest BCUT2D eigenvalue weighted by Crippen LogP contribution is -2.67. The van der Waals surface area contributed by atoms with Gasteiger partial charge in [0.25, 0.3) is 0 Å². The van der Waals surface area contributed by atoms with Crippen LogP contribution >= 0.6 is 0 Å². The van der Waals surface area contributed by atoms with Gasteiger partial charge in [0.1, 0.15) is 0 Å². The highest BCUT2D eigenvalue weighted by Gasteiger charge is 2.57. The fourth-order valence-corrected chi connectivity index (χ4v) is 3.98. The first-order valence-electron chi connectivity index (χ1n) is 8.38. The minimum Gasteiger partial charge on any atom is -0.465 e. The second kappa shape index (κ2) is 5.74. The number of amides is 2. The van der Waals surface area contributed by atoms with E-state index in [-0.39, 0.29) is 23.3 Å². The molecule has 126 valence electrons. The van der Waals surface area contributed by atoms with Crippen molar-refractivity contribution < 1.29 is 14.7 Å². The Labute approximate surface area is 133 Å². The molecule has 0 aromatic carbocycles. The van der Waals surface area contributed by atoms with Crippen molar-refractivity contribution in [2.45, 2.75) is 71.9 Å². The SMILES string of the molecule is CC1(C)[C@@H](C(=O)N2CCCCC2)C[C@H]1N(C(=O)O)C(C)(C)C. The minimum absolute atomic E-state index is 0.0557. The van der Waals surface area contributed by atoms with Crippen LogP contribution in [0.15, 0.2) is 0 Å². The molecule has 5 heteroatoms. The zero-order valence-electron chi connectivity index (χ0n) is 14.6. The molecule has 0 aromatic rings. The molecule has 1 saturated heterocycles. The largest absolute Gasteiger partial charge is 0.465 e. The topological polar surface area (TPSA) is 60.9 Å². The van der Waals surface area contributed by atoms with Crippen LogP contribution in [0.4, 0.5) is 4.79 Å². The summed E-state index contributed by atoms with van der Waals surface area (Å²) in [5.74, 6) is 0.167. The van der Waals surface area contributed by atoms with E-state index < -0.39 is 11.6 Å². The predicted octanol–water partition coefficient (Wildman–Crippen LogP) is 3.19. The van der Waals surface area contributed by atoms with Crippen molar-refractivity contribution in [2.75, 3.05) is 13.1 Å². The fraction of sp³-hybridized carbons (Fsp3) is 0.882. The van der Waals surface area contributed by atoms with Gasteiger partial charge >= 0.3 is 6.09 Å². The fourth-order valence-electron chi connectivity index (χ4n) is 3.98. The first-order valence-corrected chi connectivity index (χ1v) is 8.38. The first kappa shape index (κ1) is 17.1. The van der Waals surface area contributed by atoms with Crippen LogP contribution in [-0.2, 0) is 4.79 Å². The normalized spacial score (nSPS) is 28.0. The summed E-state index contributed by atoms with van der Waals surface area (Å²) < 4.78 is 0. The zero-order valence-corrected chi connectivity index (χ0v) is 14.6. The summed E-state index contributed by atoms with van der Waals surface area (Å²) in [7, 11) is 0. The van der Waals surface area contributed by atoms with Gasteiger partial charge < -0.3 is 10.0 Å². The van der Waals surface area contributed by atoms with Gasteiger partial charge in [-0.25, -0.2) is 4.79 Å². The third kappa shape index (κ3) is 2.95. The van der Waals surface area contributed by atoms with Gasteiger partial charge in [-0.3, -0.25) is 9.69 Å². The minimum atomic E-state index is -0.894. The Hall–Kier alpha value is -1.26. The molecule has 2 aliphatic rings. The predicted molar refractivity (Wildman–Crippen MR) is 85.7 cm³/mol. The number of carboxylic acid groups (broad SMARTS) is 1. The van der Waals surface area contributed by atoms with Gasteiger partial charge in [-0.05, 0) is 51.9 Å². The van der Waals surface area contributed by atoms with Gasteiger partial charge in [-0.2, -0.15) is 0 Å². The molecular formula is C17H30N2O3. The molecule has 0 aromatic heterocycles. The maximum atomic E-state index is 12.7. The van der Waals surface area contributed by atoms with E-state index >= 15 is 0 Å². The summed E-state index contributed by atoms with van der Waals surface area (Å²) in [5, 5.41) is 9.58. The van der Waals surface area contributed by atoms with Crippen molar-refractivity contribution in [3.05, 3.63) is 0 Å². The molecule has 2 atom stereocenters. The van der Waals surface area contributed by atoms with Crippen molar-refractivity contribution in [1.29, 1.82) is 0 Å². The second-order valence-corrected chi connectivity index (χ2v) is 8.33. The third-order valence-corrected chi connectivity index (χ3v) is 5.42. The lowest BCUT2D eigenvalue weighted by Gasteiger charge is -2.58. The Morgan fingerprint density at radius 3 is 2.09 bits per heavy atom. The van der Waals surface area contributed by atoms with Crippen LogP contribution in [0.2, 0.25) is 0 Å². The highest BCUT2D eigenvalue weighted by Crippen LogP contribution is 2.51. The molecule has 0 radical (unpaired) electrons. The number of likely N-dealkylation sites (tertiary alicyclic amines) is 1. The molecule has 1 heterocycles. The molecule has 1 saturated carbocycles. The highest BCUT2D eigenvalue weighted by molar-refractivity contribution is 5.81. The van der Waals surface area contributed by atoms with Gasteiger partial charge in [-0.1, -0.05) is 13.8 Å². The summed E-state index contributed by atoms with van der Waals surface area (Å²) >= 11 is 0. The monoisotopic (exact) mass is 310 g/mol. The molecule has 2 rings (SSSR count). The van der Waals surface area contributed by atoms with Gasteiger partial charge in [0, 0.05) is 30.6 Å². The third-order valence-electron chi connectivity index (χ3n) is 5.42. The quantitative estimate of drug-likeness (QED) is 0.852. The number of hydrogen-bond acceptors (Lipinski definition) is 2. The number of hydrogen-bond donors (Lipinski definition) is 1. The number of piperidine rings is 1. The van der Waals surface area contributed by atoms with Crippen LogP contribution in [-0.4, -0.2) is 51.6 Å². The second-order valence-electron chi connectivity index (χ2n) is 8.33. The van der Waals surface area contributed by atoms with Crippen LogP contribution < -0.4 is 0 Å². The molecular weight excluding hydrogens is 280 g/mol. The molecule has 5 nitrogen and oxygen atoms in total. The van der Waals surface area contributed by atoms with E-state index in [0.29, 0.717) is 6.42 Å². The highest BCUT2D eigenvalue weighted by atomic mass is 16.4. The molecule has 2 amide bonds. The summed E-state index contributed by atoms with van der Waals surface area (Å²) in [5.41, 5.74) is -0.757. The number of carbonyl (C=O) groups excluding carboxylic acids is 1. The van der Waals surface area contributed by atoms with E-state index in [9.17, 15) is 14.7 Å². The van der Waals surface area contributed by atoms with Gasteiger partial charge in [0.2, 0.25) is 5.91 Å². The van der Waals surface area contributed by atoms with E-state index in [1.54, 1.807) is 0 Å². The van der Waals surface area contributed by atoms with Crippen LogP contribution in [0.1, 0.15) is 60.3 Å². The van der Waals surface area contributed by atoms with Crippen LogP contribution in [0, 0.1) is 11.3 Å². The van der Waals surface area contributed by atoms with E-state index in [0.717, 1.165) is 25.9 Å². The van der Waals surface area contributed by atoms with Crippen molar-refractivity contribution in [3.8, 4) is 0 Å². The number of rotatable bonds is 2. The van der Waals surface area contributed by atoms with E-state index in [1.165, 1.54) is 11.3 Å². The standard InChI is InChI=1S/C17H30N2O3/c1-16(2,3)19(15(21)22)13-11-12(17(13,4)5)14(20)18-9-7-6-8-10-18/h12-13H,6-11H2,1-5H3,(H,21,22)/t12-,13-/m1/s1. The smallest absolute Gasteiger partial charge is 0.408 e. The summed E-state index contributed by atoms with van der Waals surface area (Å²) in [6.07, 6.45) is 3.13. The average molecular weight is 310 g/mol. The Balaban J connectivity index is 2.11. The van der Waals surface area contributed by atoms with Gasteiger partial charge in [-0.15, -0.1) is 0 Å². The van der Waals surface area contributed by atoms with E-state index in [1.807, 2.05) is 39.5 Å².